The lowest BCUT2D eigenvalue weighted by atomic mass is 10.1. The summed E-state index contributed by atoms with van der Waals surface area (Å²) in [5.41, 5.74) is 1.75. The number of esters is 1. The molecule has 28 heavy (non-hydrogen) atoms. The summed E-state index contributed by atoms with van der Waals surface area (Å²) in [6.07, 6.45) is -0.0539. The van der Waals surface area contributed by atoms with Crippen molar-refractivity contribution in [1.82, 2.24) is 10.6 Å². The molecule has 8 nitrogen and oxygen atoms in total. The van der Waals surface area contributed by atoms with Crippen molar-refractivity contribution in [2.45, 2.75) is 52.0 Å². The van der Waals surface area contributed by atoms with Crippen LogP contribution in [0.4, 0.5) is 4.79 Å². The second-order valence-corrected chi connectivity index (χ2v) is 6.53. The van der Waals surface area contributed by atoms with Crippen LogP contribution < -0.4 is 10.6 Å². The number of allylic oxidation sites excluding steroid dienone is 1. The second kappa shape index (κ2) is 11.8. The van der Waals surface area contributed by atoms with E-state index in [4.69, 9.17) is 9.47 Å². The summed E-state index contributed by atoms with van der Waals surface area (Å²) in [5.74, 6) is -1.34. The summed E-state index contributed by atoms with van der Waals surface area (Å²) in [6, 6.07) is 6.80. The molecule has 1 aromatic rings. The average Bonchev–Trinajstić information content (AvgIpc) is 2.67. The van der Waals surface area contributed by atoms with Crippen molar-refractivity contribution in [2.24, 2.45) is 0 Å². The van der Waals surface area contributed by atoms with Crippen molar-refractivity contribution < 1.29 is 29.0 Å². The molecule has 0 unspecified atom stereocenters. The third-order valence-corrected chi connectivity index (χ3v) is 3.81. The molecule has 0 aromatic heterocycles. The first-order valence-electron chi connectivity index (χ1n) is 8.91. The van der Waals surface area contributed by atoms with Crippen LogP contribution in [0.15, 0.2) is 42.0 Å². The number of methoxy groups -OCH3 is 1. The van der Waals surface area contributed by atoms with Crippen LogP contribution in [0.2, 0.25) is 0 Å². The van der Waals surface area contributed by atoms with Gasteiger partial charge in [0.05, 0.1) is 13.2 Å². The minimum absolute atomic E-state index is 0.0200. The van der Waals surface area contributed by atoms with Gasteiger partial charge in [-0.1, -0.05) is 42.0 Å². The second-order valence-electron chi connectivity index (χ2n) is 6.53. The van der Waals surface area contributed by atoms with Gasteiger partial charge in [-0.3, -0.25) is 4.79 Å². The van der Waals surface area contributed by atoms with Gasteiger partial charge < -0.3 is 25.2 Å². The van der Waals surface area contributed by atoms with Gasteiger partial charge in [0.15, 0.2) is 0 Å². The minimum Gasteiger partial charge on any atom is -0.467 e. The molecular formula is C20H28N2O6. The van der Waals surface area contributed by atoms with Gasteiger partial charge in [-0.15, -0.1) is 0 Å². The summed E-state index contributed by atoms with van der Waals surface area (Å²) < 4.78 is 9.77. The molecule has 3 atom stereocenters. The van der Waals surface area contributed by atoms with Crippen molar-refractivity contribution in [3.8, 4) is 0 Å². The molecular weight excluding hydrogens is 364 g/mol. The summed E-state index contributed by atoms with van der Waals surface area (Å²) >= 11 is 0. The fourth-order valence-corrected chi connectivity index (χ4v) is 2.27. The topological polar surface area (TPSA) is 114 Å². The van der Waals surface area contributed by atoms with E-state index in [1.54, 1.807) is 18.2 Å². The monoisotopic (exact) mass is 392 g/mol. The Hall–Kier alpha value is -2.87. The number of carbonyl (C=O) groups excluding carboxylic acids is 3. The number of hydrogen-bond acceptors (Lipinski definition) is 6. The van der Waals surface area contributed by atoms with E-state index in [0.29, 0.717) is 0 Å². The molecule has 0 fully saturated rings. The van der Waals surface area contributed by atoms with Gasteiger partial charge in [-0.2, -0.15) is 0 Å². The number of carbonyl (C=O) groups is 3. The molecule has 0 heterocycles. The maximum atomic E-state index is 12.5. The van der Waals surface area contributed by atoms with Gasteiger partial charge in [0.25, 0.3) is 0 Å². The summed E-state index contributed by atoms with van der Waals surface area (Å²) in [5, 5.41) is 14.7. The van der Waals surface area contributed by atoms with E-state index in [1.165, 1.54) is 14.0 Å². The quantitative estimate of drug-likeness (QED) is 0.435. The number of hydrogen-bond donors (Lipinski definition) is 3. The highest BCUT2D eigenvalue weighted by Crippen LogP contribution is 2.04. The van der Waals surface area contributed by atoms with Crippen LogP contribution in [0, 0.1) is 0 Å². The molecule has 0 radical (unpaired) electrons. The van der Waals surface area contributed by atoms with Crippen molar-refractivity contribution in [3.63, 3.8) is 0 Å². The van der Waals surface area contributed by atoms with Gasteiger partial charge in [0.2, 0.25) is 5.91 Å². The fourth-order valence-electron chi connectivity index (χ4n) is 2.27. The van der Waals surface area contributed by atoms with Crippen molar-refractivity contribution in [3.05, 3.63) is 47.5 Å². The number of amides is 2. The Morgan fingerprint density at radius 3 is 2.32 bits per heavy atom. The first-order valence-corrected chi connectivity index (χ1v) is 8.91. The zero-order valence-electron chi connectivity index (χ0n) is 16.6. The highest BCUT2D eigenvalue weighted by molar-refractivity contribution is 5.90. The molecule has 0 saturated heterocycles. The molecule has 0 aliphatic rings. The van der Waals surface area contributed by atoms with Crippen LogP contribution in [0.5, 0.6) is 0 Å². The lowest BCUT2D eigenvalue weighted by Gasteiger charge is -2.23. The third-order valence-electron chi connectivity index (χ3n) is 3.81. The van der Waals surface area contributed by atoms with Crippen molar-refractivity contribution in [2.75, 3.05) is 7.11 Å². The Bertz CT molecular complexity index is 683. The van der Waals surface area contributed by atoms with E-state index in [0.717, 1.165) is 11.1 Å². The van der Waals surface area contributed by atoms with E-state index in [2.05, 4.69) is 10.6 Å². The maximum Gasteiger partial charge on any atom is 0.408 e. The zero-order valence-corrected chi connectivity index (χ0v) is 16.6. The van der Waals surface area contributed by atoms with E-state index >= 15 is 0 Å². The Morgan fingerprint density at radius 2 is 1.79 bits per heavy atom. The van der Waals surface area contributed by atoms with Crippen molar-refractivity contribution in [1.29, 1.82) is 0 Å². The molecule has 154 valence electrons. The van der Waals surface area contributed by atoms with Gasteiger partial charge in [0, 0.05) is 0 Å². The molecule has 0 bridgehead atoms. The van der Waals surface area contributed by atoms with Crippen LogP contribution in [0.1, 0.15) is 32.8 Å². The fraction of sp³-hybridized carbons (Fsp3) is 0.450. The summed E-state index contributed by atoms with van der Waals surface area (Å²) in [7, 11) is 1.22. The number of rotatable bonds is 9. The predicted octanol–water partition coefficient (Wildman–Crippen LogP) is 1.68. The minimum atomic E-state index is -1.29. The van der Waals surface area contributed by atoms with Gasteiger partial charge in [0.1, 0.15) is 18.7 Å². The molecule has 0 spiro atoms. The number of aliphatic hydroxyl groups excluding tert-OH is 1. The van der Waals surface area contributed by atoms with E-state index in [-0.39, 0.29) is 13.0 Å². The average molecular weight is 392 g/mol. The Kier molecular flexibility index (Phi) is 9.73. The van der Waals surface area contributed by atoms with Crippen LogP contribution in [-0.2, 0) is 25.7 Å². The SMILES string of the molecule is COC(=O)[C@@H](CC=C(C)C)NC(=O)[C@@H](NC(=O)OCc1ccccc1)[C@@H](C)O. The van der Waals surface area contributed by atoms with Gasteiger partial charge in [-0.25, -0.2) is 9.59 Å². The third kappa shape index (κ3) is 8.22. The molecule has 1 rings (SSSR count). The molecule has 0 aliphatic heterocycles. The lowest BCUT2D eigenvalue weighted by molar-refractivity contribution is -0.145. The molecule has 0 saturated carbocycles. The van der Waals surface area contributed by atoms with Crippen LogP contribution in [0.25, 0.3) is 0 Å². The van der Waals surface area contributed by atoms with Crippen LogP contribution in [0.3, 0.4) is 0 Å². The van der Waals surface area contributed by atoms with E-state index in [1.807, 2.05) is 32.0 Å². The smallest absolute Gasteiger partial charge is 0.408 e. The van der Waals surface area contributed by atoms with Crippen LogP contribution in [-0.4, -0.2) is 48.4 Å². The summed E-state index contributed by atoms with van der Waals surface area (Å²) in [6.45, 7) is 5.09. The first kappa shape index (κ1) is 23.2. The first-order chi connectivity index (χ1) is 13.2. The molecule has 2 amide bonds. The number of benzene rings is 1. The standard InChI is InChI=1S/C20H28N2O6/c1-13(2)10-11-16(19(25)27-4)21-18(24)17(14(3)23)22-20(26)28-12-15-8-6-5-7-9-15/h5-10,14,16-17,23H,11-12H2,1-4H3,(H,21,24)(H,22,26)/t14-,16-,17+/m1/s1. The highest BCUT2D eigenvalue weighted by Gasteiger charge is 2.30. The van der Waals surface area contributed by atoms with Crippen LogP contribution >= 0.6 is 0 Å². The van der Waals surface area contributed by atoms with E-state index < -0.39 is 36.2 Å². The number of nitrogens with one attached hydrogen (secondary N) is 2. The number of aliphatic hydroxyl groups is 1. The Labute approximate surface area is 164 Å². The molecule has 8 heteroatoms. The predicted molar refractivity (Wildman–Crippen MR) is 103 cm³/mol. The van der Waals surface area contributed by atoms with Gasteiger partial charge >= 0.3 is 12.1 Å². The molecule has 1 aromatic carbocycles. The largest absolute Gasteiger partial charge is 0.467 e. The summed E-state index contributed by atoms with van der Waals surface area (Å²) in [4.78, 5) is 36.4. The van der Waals surface area contributed by atoms with Gasteiger partial charge in [-0.05, 0) is 32.8 Å². The maximum absolute atomic E-state index is 12.5. The van der Waals surface area contributed by atoms with Crippen molar-refractivity contribution >= 4 is 18.0 Å². The molecule has 3 N–H and O–H groups in total. The normalized spacial score (nSPS) is 13.5. The number of alkyl carbamates (subject to hydrolysis) is 1. The highest BCUT2D eigenvalue weighted by atomic mass is 16.5. The lowest BCUT2D eigenvalue weighted by Crippen LogP contribution is -2.55. The molecule has 0 aliphatic carbocycles. The van der Waals surface area contributed by atoms with E-state index in [9.17, 15) is 19.5 Å². The Morgan fingerprint density at radius 1 is 1.14 bits per heavy atom. The Balaban J connectivity index is 2.71. The number of ether oxygens (including phenoxy) is 2. The zero-order chi connectivity index (χ0) is 21.1.